The van der Waals surface area contributed by atoms with E-state index in [1.807, 2.05) is 11.8 Å². The summed E-state index contributed by atoms with van der Waals surface area (Å²) >= 11 is 0. The van der Waals surface area contributed by atoms with Gasteiger partial charge in [0.15, 0.2) is 0 Å². The number of amides is 1. The minimum absolute atomic E-state index is 0.0166. The molecule has 7 nitrogen and oxygen atoms in total. The Morgan fingerprint density at radius 1 is 1.29 bits per heavy atom. The molecule has 0 aliphatic carbocycles. The number of carbonyl (C=O) groups is 1. The van der Waals surface area contributed by atoms with Crippen LogP contribution in [0.5, 0.6) is 5.88 Å². The maximum atomic E-state index is 13.5. The van der Waals surface area contributed by atoms with Crippen LogP contribution in [0.15, 0.2) is 36.5 Å². The molecule has 2 unspecified atom stereocenters. The van der Waals surface area contributed by atoms with Crippen LogP contribution in [-0.4, -0.2) is 62.3 Å². The number of hydrogen-bond acceptors (Lipinski definition) is 6. The van der Waals surface area contributed by atoms with Gasteiger partial charge in [-0.15, -0.1) is 0 Å². The number of halogens is 3. The highest BCUT2D eigenvalue weighted by molar-refractivity contribution is 5.94. The lowest BCUT2D eigenvalue weighted by molar-refractivity contribution is -0.137. The number of fused-ring (bicyclic) bond motifs is 1. The van der Waals surface area contributed by atoms with E-state index >= 15 is 0 Å². The maximum absolute atomic E-state index is 13.5. The van der Waals surface area contributed by atoms with Gasteiger partial charge in [-0.3, -0.25) is 4.79 Å². The van der Waals surface area contributed by atoms with E-state index in [9.17, 15) is 18.0 Å². The zero-order chi connectivity index (χ0) is 25.2. The molecule has 2 fully saturated rings. The fraction of sp³-hybridized carbons (Fsp3) is 0.480. The van der Waals surface area contributed by atoms with Crippen LogP contribution in [0.1, 0.15) is 34.8 Å². The molecule has 186 valence electrons. The Bertz CT molecular complexity index is 1120. The lowest BCUT2D eigenvalue weighted by Crippen LogP contribution is -2.49. The normalized spacial score (nSPS) is 22.0. The average Bonchev–Trinajstić information content (AvgIpc) is 3.25. The quantitative estimate of drug-likeness (QED) is 0.612. The molecular weight excluding hydrogens is 461 g/mol. The molecule has 2 aliphatic heterocycles. The van der Waals surface area contributed by atoms with Gasteiger partial charge >= 0.3 is 6.18 Å². The van der Waals surface area contributed by atoms with Crippen LogP contribution < -0.4 is 9.64 Å². The van der Waals surface area contributed by atoms with Gasteiger partial charge in [-0.25, -0.2) is 4.98 Å². The van der Waals surface area contributed by atoms with Crippen molar-refractivity contribution in [1.29, 1.82) is 5.26 Å². The van der Waals surface area contributed by atoms with Crippen LogP contribution in [0.25, 0.3) is 0 Å². The third kappa shape index (κ3) is 4.91. The number of anilines is 1. The lowest BCUT2D eigenvalue weighted by atomic mass is 9.73. The molecule has 2 aliphatic rings. The van der Waals surface area contributed by atoms with Gasteiger partial charge < -0.3 is 19.3 Å². The average molecular weight is 489 g/mol. The third-order valence-electron chi connectivity index (χ3n) is 7.00. The van der Waals surface area contributed by atoms with Gasteiger partial charge in [0.05, 0.1) is 36.5 Å². The summed E-state index contributed by atoms with van der Waals surface area (Å²) < 4.78 is 51.4. The number of methoxy groups -OCH3 is 1. The van der Waals surface area contributed by atoms with Crippen LogP contribution >= 0.6 is 0 Å². The molecule has 0 N–H and O–H groups in total. The van der Waals surface area contributed by atoms with Crippen molar-refractivity contribution >= 4 is 11.6 Å². The molecule has 0 radical (unpaired) electrons. The Balaban J connectivity index is 1.57. The second-order valence-electron chi connectivity index (χ2n) is 9.01. The fourth-order valence-corrected chi connectivity index (χ4v) is 5.08. The number of rotatable bonds is 6. The van der Waals surface area contributed by atoms with Crippen molar-refractivity contribution in [3.8, 4) is 11.9 Å². The zero-order valence-electron chi connectivity index (χ0n) is 19.6. The number of alkyl halides is 3. The number of carbonyl (C=O) groups excluding carboxylic acids is 1. The van der Waals surface area contributed by atoms with Crippen molar-refractivity contribution in [3.05, 3.63) is 53.2 Å². The summed E-state index contributed by atoms with van der Waals surface area (Å²) in [6.07, 6.45) is -2.46. The number of hydrogen-bond donors (Lipinski definition) is 0. The summed E-state index contributed by atoms with van der Waals surface area (Å²) in [4.78, 5) is 21.0. The SMILES string of the molecule is CCOCC12CCN(c3ccc(C#N)c(C(F)(F)F)c3)CC1CN(C(=O)c1ccc(OC)nc1)C2. The zero-order valence-corrected chi connectivity index (χ0v) is 19.6. The monoisotopic (exact) mass is 488 g/mol. The maximum Gasteiger partial charge on any atom is 0.417 e. The molecule has 0 saturated carbocycles. The largest absolute Gasteiger partial charge is 0.481 e. The first kappa shape index (κ1) is 24.8. The first-order valence-electron chi connectivity index (χ1n) is 11.4. The minimum Gasteiger partial charge on any atom is -0.481 e. The number of likely N-dealkylation sites (tertiary alicyclic amines) is 1. The smallest absolute Gasteiger partial charge is 0.417 e. The number of aromatic nitrogens is 1. The van der Waals surface area contributed by atoms with Gasteiger partial charge in [0.2, 0.25) is 5.88 Å². The van der Waals surface area contributed by atoms with E-state index < -0.39 is 17.3 Å². The topological polar surface area (TPSA) is 78.7 Å². The lowest BCUT2D eigenvalue weighted by Gasteiger charge is -2.44. The molecule has 10 heteroatoms. The molecule has 3 heterocycles. The Morgan fingerprint density at radius 2 is 2.09 bits per heavy atom. The number of piperidine rings is 1. The number of benzene rings is 1. The summed E-state index contributed by atoms with van der Waals surface area (Å²) in [5, 5.41) is 9.10. The van der Waals surface area contributed by atoms with Gasteiger partial charge in [-0.05, 0) is 37.6 Å². The van der Waals surface area contributed by atoms with E-state index in [0.717, 1.165) is 6.07 Å². The van der Waals surface area contributed by atoms with Gasteiger partial charge in [0.1, 0.15) is 0 Å². The van der Waals surface area contributed by atoms with E-state index in [1.54, 1.807) is 29.2 Å². The van der Waals surface area contributed by atoms with Crippen molar-refractivity contribution in [3.63, 3.8) is 0 Å². The van der Waals surface area contributed by atoms with Gasteiger partial charge in [-0.1, -0.05) is 0 Å². The van der Waals surface area contributed by atoms with Crippen molar-refractivity contribution in [2.75, 3.05) is 51.4 Å². The van der Waals surface area contributed by atoms with Gasteiger partial charge in [-0.2, -0.15) is 18.4 Å². The van der Waals surface area contributed by atoms with Crippen molar-refractivity contribution < 1.29 is 27.4 Å². The van der Waals surface area contributed by atoms with E-state index in [2.05, 4.69) is 4.98 Å². The highest BCUT2D eigenvalue weighted by atomic mass is 19.4. The third-order valence-corrected chi connectivity index (χ3v) is 7.00. The summed E-state index contributed by atoms with van der Waals surface area (Å²) in [7, 11) is 1.50. The molecular formula is C25H27F3N4O3. The standard InChI is InChI=1S/C25H27F3N4O3/c1-3-35-16-24-8-9-31(20-6-4-17(11-29)21(10-20)25(26,27)28)13-19(24)14-32(15-24)23(33)18-5-7-22(34-2)30-12-18/h4-7,10,12,19H,3,8-9,13-16H2,1-2H3. The minimum atomic E-state index is -4.61. The summed E-state index contributed by atoms with van der Waals surface area (Å²) in [6.45, 7) is 4.93. The first-order valence-corrected chi connectivity index (χ1v) is 11.4. The summed E-state index contributed by atoms with van der Waals surface area (Å²) in [5.74, 6) is 0.290. The van der Waals surface area contributed by atoms with Gasteiger partial charge in [0, 0.05) is 62.1 Å². The molecule has 0 bridgehead atoms. The van der Waals surface area contributed by atoms with Gasteiger partial charge in [0.25, 0.3) is 5.91 Å². The van der Waals surface area contributed by atoms with E-state index in [-0.39, 0.29) is 17.2 Å². The Morgan fingerprint density at radius 3 is 2.71 bits per heavy atom. The summed E-state index contributed by atoms with van der Waals surface area (Å²) in [5.41, 5.74) is -0.726. The highest BCUT2D eigenvalue weighted by Gasteiger charge is 2.51. The first-order chi connectivity index (χ1) is 16.7. The molecule has 2 saturated heterocycles. The van der Waals surface area contributed by atoms with E-state index in [4.69, 9.17) is 14.7 Å². The van der Waals surface area contributed by atoms with Crippen LogP contribution in [-0.2, 0) is 10.9 Å². The molecule has 4 rings (SSSR count). The van der Waals surface area contributed by atoms with Crippen LogP contribution in [0, 0.1) is 22.7 Å². The summed E-state index contributed by atoms with van der Waals surface area (Å²) in [6, 6.07) is 8.77. The highest BCUT2D eigenvalue weighted by Crippen LogP contribution is 2.45. The van der Waals surface area contributed by atoms with Crippen LogP contribution in [0.3, 0.4) is 0 Å². The van der Waals surface area contributed by atoms with E-state index in [1.165, 1.54) is 19.4 Å². The molecule has 1 aromatic carbocycles. The molecule has 2 atom stereocenters. The number of nitriles is 1. The number of nitrogens with zero attached hydrogens (tertiary/aromatic N) is 4. The fourth-order valence-electron chi connectivity index (χ4n) is 5.08. The Hall–Kier alpha value is -3.32. The number of pyridine rings is 1. The molecule has 1 aromatic heterocycles. The predicted molar refractivity (Wildman–Crippen MR) is 122 cm³/mol. The Labute approximate surface area is 202 Å². The second kappa shape index (κ2) is 9.74. The van der Waals surface area contributed by atoms with Crippen LogP contribution in [0.2, 0.25) is 0 Å². The van der Waals surface area contributed by atoms with Crippen molar-refractivity contribution in [1.82, 2.24) is 9.88 Å². The van der Waals surface area contributed by atoms with Crippen molar-refractivity contribution in [2.45, 2.75) is 19.5 Å². The molecule has 35 heavy (non-hydrogen) atoms. The van der Waals surface area contributed by atoms with E-state index in [0.29, 0.717) is 62.9 Å². The predicted octanol–water partition coefficient (Wildman–Crippen LogP) is 3.99. The molecule has 1 amide bonds. The molecule has 2 aromatic rings. The molecule has 0 spiro atoms. The second-order valence-corrected chi connectivity index (χ2v) is 9.01. The van der Waals surface area contributed by atoms with Crippen molar-refractivity contribution in [2.24, 2.45) is 11.3 Å². The Kier molecular flexibility index (Phi) is 6.90. The number of ether oxygens (including phenoxy) is 2. The van der Waals surface area contributed by atoms with Crippen LogP contribution in [0.4, 0.5) is 18.9 Å².